The molecule has 0 rings (SSSR count). The van der Waals surface area contributed by atoms with Crippen molar-refractivity contribution in [2.24, 2.45) is 0 Å². The molecule has 0 aliphatic heterocycles. The molecule has 4 nitrogen and oxygen atoms in total. The van der Waals surface area contributed by atoms with Gasteiger partial charge < -0.3 is 10.2 Å². The van der Waals surface area contributed by atoms with Gasteiger partial charge in [0.05, 0.1) is 0 Å². The van der Waals surface area contributed by atoms with Crippen LogP contribution >= 0.6 is 0 Å². The lowest BCUT2D eigenvalue weighted by molar-refractivity contribution is -0.137. The largest absolute Gasteiger partial charge is 0.481 e. The molecule has 19 heavy (non-hydrogen) atoms. The summed E-state index contributed by atoms with van der Waals surface area (Å²) in [4.78, 5) is 21.2. The predicted molar refractivity (Wildman–Crippen MR) is 75.2 cm³/mol. The van der Waals surface area contributed by atoms with E-state index in [2.05, 4.69) is 0 Å². The number of carbonyl (C=O) groups is 2. The zero-order valence-electron chi connectivity index (χ0n) is 11.9. The molecule has 0 spiro atoms. The normalized spacial score (nSPS) is 11.5. The van der Waals surface area contributed by atoms with Crippen molar-refractivity contribution in [1.29, 1.82) is 0 Å². The van der Waals surface area contributed by atoms with E-state index in [-0.39, 0.29) is 6.42 Å². The summed E-state index contributed by atoms with van der Waals surface area (Å²) in [6.07, 6.45) is 10.5. The molecule has 0 aliphatic rings. The number of hydrogen-bond acceptors (Lipinski definition) is 2. The second-order valence-corrected chi connectivity index (χ2v) is 4.81. The van der Waals surface area contributed by atoms with Crippen molar-refractivity contribution in [2.45, 2.75) is 71.1 Å². The first kappa shape index (κ1) is 17.7. The van der Waals surface area contributed by atoms with Crippen molar-refractivity contribution in [3.05, 3.63) is 11.6 Å². The van der Waals surface area contributed by atoms with Crippen LogP contribution in [0.15, 0.2) is 11.6 Å². The highest BCUT2D eigenvalue weighted by Crippen LogP contribution is 2.13. The fourth-order valence-corrected chi connectivity index (χ4v) is 2.02. The van der Waals surface area contributed by atoms with Gasteiger partial charge in [-0.2, -0.15) is 0 Å². The summed E-state index contributed by atoms with van der Waals surface area (Å²) in [7, 11) is 0. The third-order valence-corrected chi connectivity index (χ3v) is 3.06. The highest BCUT2D eigenvalue weighted by Gasteiger charge is 2.05. The molecular formula is C15H26O4. The lowest BCUT2D eigenvalue weighted by Crippen LogP contribution is -2.00. The molecule has 0 aromatic heterocycles. The van der Waals surface area contributed by atoms with Crippen LogP contribution < -0.4 is 0 Å². The lowest BCUT2D eigenvalue weighted by atomic mass is 10.0. The molecule has 0 unspecified atom stereocenters. The molecule has 0 saturated heterocycles. The van der Waals surface area contributed by atoms with Crippen molar-refractivity contribution in [1.82, 2.24) is 0 Å². The maximum Gasteiger partial charge on any atom is 0.331 e. The maximum absolute atomic E-state index is 10.9. The summed E-state index contributed by atoms with van der Waals surface area (Å²) < 4.78 is 0. The summed E-state index contributed by atoms with van der Waals surface area (Å²) in [6, 6.07) is 0. The third-order valence-electron chi connectivity index (χ3n) is 3.06. The summed E-state index contributed by atoms with van der Waals surface area (Å²) in [5, 5.41) is 17.4. The Hall–Kier alpha value is -1.32. The molecule has 2 N–H and O–H groups in total. The Kier molecular flexibility index (Phi) is 10.9. The Labute approximate surface area is 115 Å². The minimum atomic E-state index is -0.796. The first-order valence-electron chi connectivity index (χ1n) is 7.22. The number of hydrogen-bond donors (Lipinski definition) is 2. The minimum absolute atomic E-state index is 0.268. The van der Waals surface area contributed by atoms with Crippen LogP contribution in [0.4, 0.5) is 0 Å². The van der Waals surface area contributed by atoms with Crippen molar-refractivity contribution in [3.63, 3.8) is 0 Å². The van der Waals surface area contributed by atoms with Gasteiger partial charge in [0.15, 0.2) is 0 Å². The van der Waals surface area contributed by atoms with Gasteiger partial charge >= 0.3 is 11.9 Å². The first-order valence-corrected chi connectivity index (χ1v) is 7.22. The number of rotatable bonds is 12. The van der Waals surface area contributed by atoms with Crippen molar-refractivity contribution in [2.75, 3.05) is 0 Å². The summed E-state index contributed by atoms with van der Waals surface area (Å²) in [6.45, 7) is 1.94. The summed E-state index contributed by atoms with van der Waals surface area (Å²) in [5.74, 6) is -1.51. The molecule has 0 aliphatic carbocycles. The van der Waals surface area contributed by atoms with Gasteiger partial charge in [-0.05, 0) is 25.7 Å². The first-order chi connectivity index (χ1) is 9.07. The van der Waals surface area contributed by atoms with Gasteiger partial charge in [-0.3, -0.25) is 4.79 Å². The van der Waals surface area contributed by atoms with E-state index in [1.54, 1.807) is 6.08 Å². The highest BCUT2D eigenvalue weighted by atomic mass is 16.4. The van der Waals surface area contributed by atoms with E-state index >= 15 is 0 Å². The topological polar surface area (TPSA) is 74.6 Å². The van der Waals surface area contributed by atoms with Gasteiger partial charge in [0.25, 0.3) is 0 Å². The Morgan fingerprint density at radius 3 is 1.74 bits per heavy atom. The second kappa shape index (κ2) is 11.8. The van der Waals surface area contributed by atoms with E-state index in [9.17, 15) is 9.59 Å². The van der Waals surface area contributed by atoms with Gasteiger partial charge in [0.2, 0.25) is 0 Å². The zero-order chi connectivity index (χ0) is 14.5. The Morgan fingerprint density at radius 1 is 0.842 bits per heavy atom. The standard InChI is InChI=1S/C15H26O4/c1-2-10-13(15(18)19)11-8-6-4-3-5-7-9-12-14(16)17/h10H,2-9,11-12H2,1H3,(H,16,17)(H,18,19). The van der Waals surface area contributed by atoms with E-state index in [1.807, 2.05) is 6.92 Å². The molecule has 0 aromatic rings. The monoisotopic (exact) mass is 270 g/mol. The van der Waals surface area contributed by atoms with Crippen molar-refractivity contribution < 1.29 is 19.8 Å². The zero-order valence-corrected chi connectivity index (χ0v) is 11.9. The lowest BCUT2D eigenvalue weighted by Gasteiger charge is -2.03. The van der Waals surface area contributed by atoms with E-state index in [0.717, 1.165) is 51.4 Å². The van der Waals surface area contributed by atoms with E-state index in [4.69, 9.17) is 10.2 Å². The van der Waals surface area contributed by atoms with Crippen LogP contribution in [0.5, 0.6) is 0 Å². The van der Waals surface area contributed by atoms with Crippen LogP contribution in [0.1, 0.15) is 71.1 Å². The smallest absolute Gasteiger partial charge is 0.331 e. The fraction of sp³-hybridized carbons (Fsp3) is 0.733. The number of carboxylic acids is 2. The van der Waals surface area contributed by atoms with Crippen LogP contribution in [0.25, 0.3) is 0 Å². The van der Waals surface area contributed by atoms with E-state index < -0.39 is 11.9 Å². The Bertz CT molecular complexity index is 295. The molecule has 110 valence electrons. The average Bonchev–Trinajstić information content (AvgIpc) is 2.34. The van der Waals surface area contributed by atoms with E-state index in [1.165, 1.54) is 0 Å². The van der Waals surface area contributed by atoms with Crippen molar-refractivity contribution in [3.8, 4) is 0 Å². The Balaban J connectivity index is 3.42. The molecule has 0 heterocycles. The van der Waals surface area contributed by atoms with Gasteiger partial charge in [-0.15, -0.1) is 0 Å². The summed E-state index contributed by atoms with van der Waals surface area (Å²) >= 11 is 0. The van der Waals surface area contributed by atoms with Crippen LogP contribution in [-0.4, -0.2) is 22.2 Å². The van der Waals surface area contributed by atoms with Gasteiger partial charge in [-0.25, -0.2) is 4.79 Å². The quantitative estimate of drug-likeness (QED) is 0.415. The van der Waals surface area contributed by atoms with Gasteiger partial charge in [-0.1, -0.05) is 45.1 Å². The number of unbranched alkanes of at least 4 members (excludes halogenated alkanes) is 6. The van der Waals surface area contributed by atoms with Crippen LogP contribution in [0, 0.1) is 0 Å². The molecule has 0 saturated carbocycles. The van der Waals surface area contributed by atoms with Gasteiger partial charge in [0.1, 0.15) is 0 Å². The van der Waals surface area contributed by atoms with Crippen LogP contribution in [-0.2, 0) is 9.59 Å². The molecule has 0 radical (unpaired) electrons. The number of aliphatic carboxylic acids is 2. The second-order valence-electron chi connectivity index (χ2n) is 4.81. The Morgan fingerprint density at radius 2 is 1.32 bits per heavy atom. The summed E-state index contributed by atoms with van der Waals surface area (Å²) in [5.41, 5.74) is 0.531. The fourth-order valence-electron chi connectivity index (χ4n) is 2.02. The molecule has 0 amide bonds. The SMILES string of the molecule is CCC=C(CCCCCCCCCC(=O)O)C(=O)O. The molecule has 0 bridgehead atoms. The van der Waals surface area contributed by atoms with Crippen LogP contribution in [0.3, 0.4) is 0 Å². The third kappa shape index (κ3) is 11.5. The van der Waals surface area contributed by atoms with Crippen molar-refractivity contribution >= 4 is 11.9 Å². The molecular weight excluding hydrogens is 244 g/mol. The average molecular weight is 270 g/mol. The van der Waals surface area contributed by atoms with Crippen LogP contribution in [0.2, 0.25) is 0 Å². The molecule has 0 aromatic carbocycles. The molecule has 0 atom stereocenters. The van der Waals surface area contributed by atoms with E-state index in [0.29, 0.717) is 12.0 Å². The molecule has 0 fully saturated rings. The predicted octanol–water partition coefficient (Wildman–Crippen LogP) is 4.00. The maximum atomic E-state index is 10.9. The van der Waals surface area contributed by atoms with Gasteiger partial charge in [0, 0.05) is 12.0 Å². The number of allylic oxidation sites excluding steroid dienone is 1. The minimum Gasteiger partial charge on any atom is -0.481 e. The molecule has 4 heteroatoms. The number of carboxylic acid groups (broad SMARTS) is 2. The highest BCUT2D eigenvalue weighted by molar-refractivity contribution is 5.86.